The van der Waals surface area contributed by atoms with Crippen LogP contribution in [0.25, 0.3) is 0 Å². The molecule has 0 aromatic heterocycles. The fourth-order valence-electron chi connectivity index (χ4n) is 1.07. The Hall–Kier alpha value is -0.990. The van der Waals surface area contributed by atoms with Gasteiger partial charge in [-0.05, 0) is 6.42 Å². The second-order valence-electron chi connectivity index (χ2n) is 3.11. The first-order valence-corrected chi connectivity index (χ1v) is 4.70. The summed E-state index contributed by atoms with van der Waals surface area (Å²) in [6.07, 6.45) is 4.53. The lowest BCUT2D eigenvalue weighted by Gasteiger charge is -1.97. The highest BCUT2D eigenvalue weighted by atomic mass is 16.2. The lowest BCUT2D eigenvalue weighted by atomic mass is 10.1. The Morgan fingerprint density at radius 2 is 1.85 bits per heavy atom. The Morgan fingerprint density at radius 3 is 2.38 bits per heavy atom. The van der Waals surface area contributed by atoms with Crippen molar-refractivity contribution in [1.82, 2.24) is 0 Å². The topological polar surface area (TPSA) is 51.2 Å². The van der Waals surface area contributed by atoms with Gasteiger partial charge in [-0.15, -0.1) is 0 Å². The van der Waals surface area contributed by atoms with Crippen molar-refractivity contribution in [2.45, 2.75) is 45.4 Å². The zero-order chi connectivity index (χ0) is 10.1. The number of ketones is 2. The van der Waals surface area contributed by atoms with Crippen molar-refractivity contribution in [1.29, 1.82) is 0 Å². The summed E-state index contributed by atoms with van der Waals surface area (Å²) in [4.78, 5) is 31.4. The van der Waals surface area contributed by atoms with Crippen LogP contribution in [0.3, 0.4) is 0 Å². The molecule has 0 saturated carbocycles. The van der Waals surface area contributed by atoms with Crippen molar-refractivity contribution in [2.24, 2.45) is 0 Å². The largest absolute Gasteiger partial charge is 0.299 e. The van der Waals surface area contributed by atoms with Gasteiger partial charge in [0.05, 0.1) is 6.42 Å². The van der Waals surface area contributed by atoms with Crippen LogP contribution in [0.1, 0.15) is 45.4 Å². The van der Waals surface area contributed by atoms with E-state index in [-0.39, 0.29) is 18.5 Å². The van der Waals surface area contributed by atoms with Crippen LogP contribution in [0.15, 0.2) is 0 Å². The third-order valence-electron chi connectivity index (χ3n) is 1.81. The standard InChI is InChI=1S/C10H16O3/c1-2-3-4-5-6-9(12)7-10(13)8-11/h8H,2-7H2,1H3. The predicted molar refractivity (Wildman–Crippen MR) is 49.5 cm³/mol. The van der Waals surface area contributed by atoms with Crippen LogP contribution in [0.5, 0.6) is 0 Å². The van der Waals surface area contributed by atoms with Gasteiger partial charge in [-0.2, -0.15) is 0 Å². The maximum Gasteiger partial charge on any atom is 0.202 e. The fourth-order valence-corrected chi connectivity index (χ4v) is 1.07. The summed E-state index contributed by atoms with van der Waals surface area (Å²) in [5.41, 5.74) is 0. The summed E-state index contributed by atoms with van der Waals surface area (Å²) in [6, 6.07) is 0. The van der Waals surface area contributed by atoms with E-state index in [9.17, 15) is 14.4 Å². The molecular weight excluding hydrogens is 168 g/mol. The molecular formula is C10H16O3. The zero-order valence-corrected chi connectivity index (χ0v) is 8.04. The van der Waals surface area contributed by atoms with E-state index in [0.717, 1.165) is 25.7 Å². The molecule has 0 heterocycles. The summed E-state index contributed by atoms with van der Waals surface area (Å²) in [6.45, 7) is 2.09. The van der Waals surface area contributed by atoms with Crippen LogP contribution < -0.4 is 0 Å². The van der Waals surface area contributed by atoms with Gasteiger partial charge in [0, 0.05) is 6.42 Å². The Labute approximate surface area is 78.5 Å². The quantitative estimate of drug-likeness (QED) is 0.249. The molecule has 0 bridgehead atoms. The van der Waals surface area contributed by atoms with E-state index < -0.39 is 5.78 Å². The highest BCUT2D eigenvalue weighted by molar-refractivity contribution is 6.29. The van der Waals surface area contributed by atoms with Crippen LogP contribution >= 0.6 is 0 Å². The third-order valence-corrected chi connectivity index (χ3v) is 1.81. The van der Waals surface area contributed by atoms with E-state index in [4.69, 9.17) is 0 Å². The van der Waals surface area contributed by atoms with Gasteiger partial charge < -0.3 is 0 Å². The molecule has 0 aromatic carbocycles. The van der Waals surface area contributed by atoms with Crippen LogP contribution in [0.2, 0.25) is 0 Å². The molecule has 0 unspecified atom stereocenters. The maximum absolute atomic E-state index is 11.0. The number of hydrogen-bond donors (Lipinski definition) is 0. The number of carbonyl (C=O) groups excluding carboxylic acids is 3. The summed E-state index contributed by atoms with van der Waals surface area (Å²) < 4.78 is 0. The second-order valence-corrected chi connectivity index (χ2v) is 3.11. The molecule has 0 amide bonds. The zero-order valence-electron chi connectivity index (χ0n) is 8.04. The Kier molecular flexibility index (Phi) is 7.07. The molecule has 13 heavy (non-hydrogen) atoms. The molecule has 0 aliphatic carbocycles. The van der Waals surface area contributed by atoms with Crippen molar-refractivity contribution in [3.05, 3.63) is 0 Å². The minimum atomic E-state index is -0.611. The monoisotopic (exact) mass is 184 g/mol. The van der Waals surface area contributed by atoms with Gasteiger partial charge in [-0.3, -0.25) is 14.4 Å². The van der Waals surface area contributed by atoms with E-state index in [2.05, 4.69) is 6.92 Å². The van der Waals surface area contributed by atoms with Crippen molar-refractivity contribution >= 4 is 17.9 Å². The number of aldehydes is 1. The van der Waals surface area contributed by atoms with Crippen molar-refractivity contribution < 1.29 is 14.4 Å². The molecule has 0 aliphatic heterocycles. The van der Waals surface area contributed by atoms with Crippen molar-refractivity contribution in [3.63, 3.8) is 0 Å². The van der Waals surface area contributed by atoms with E-state index in [0.29, 0.717) is 6.42 Å². The molecule has 0 fully saturated rings. The first-order chi connectivity index (χ1) is 6.20. The van der Waals surface area contributed by atoms with Crippen molar-refractivity contribution in [2.75, 3.05) is 0 Å². The molecule has 0 saturated heterocycles. The SMILES string of the molecule is CCCCCCC(=O)CC(=O)C=O. The Bertz CT molecular complexity index is 185. The molecule has 0 spiro atoms. The van der Waals surface area contributed by atoms with E-state index in [1.165, 1.54) is 0 Å². The minimum absolute atomic E-state index is 0.117. The Balaban J connectivity index is 3.40. The number of Topliss-reactive ketones (excluding diaryl/α,β-unsaturated/α-hetero) is 2. The summed E-state index contributed by atoms with van der Waals surface area (Å²) in [5.74, 6) is -0.728. The molecule has 0 atom stereocenters. The molecule has 3 heteroatoms. The summed E-state index contributed by atoms with van der Waals surface area (Å²) in [5, 5.41) is 0. The van der Waals surface area contributed by atoms with E-state index in [1.54, 1.807) is 0 Å². The van der Waals surface area contributed by atoms with Gasteiger partial charge in [-0.1, -0.05) is 26.2 Å². The maximum atomic E-state index is 11.0. The normalized spacial score (nSPS) is 9.62. The van der Waals surface area contributed by atoms with Gasteiger partial charge in [-0.25, -0.2) is 0 Å². The number of unbranched alkanes of at least 4 members (excludes halogenated alkanes) is 3. The van der Waals surface area contributed by atoms with Crippen LogP contribution in [0, 0.1) is 0 Å². The number of rotatable bonds is 8. The van der Waals surface area contributed by atoms with Gasteiger partial charge in [0.2, 0.25) is 5.78 Å². The van der Waals surface area contributed by atoms with Gasteiger partial charge >= 0.3 is 0 Å². The van der Waals surface area contributed by atoms with Gasteiger partial charge in [0.15, 0.2) is 6.29 Å². The highest BCUT2D eigenvalue weighted by Gasteiger charge is 2.07. The lowest BCUT2D eigenvalue weighted by Crippen LogP contribution is -2.08. The first kappa shape index (κ1) is 12.0. The smallest absolute Gasteiger partial charge is 0.202 e. The highest BCUT2D eigenvalue weighted by Crippen LogP contribution is 2.04. The average Bonchev–Trinajstić information content (AvgIpc) is 2.12. The molecule has 0 rings (SSSR count). The van der Waals surface area contributed by atoms with Crippen LogP contribution in [-0.4, -0.2) is 17.9 Å². The molecule has 0 N–H and O–H groups in total. The fraction of sp³-hybridized carbons (Fsp3) is 0.700. The summed E-state index contributed by atoms with van der Waals surface area (Å²) in [7, 11) is 0. The average molecular weight is 184 g/mol. The van der Waals surface area contributed by atoms with Crippen LogP contribution in [-0.2, 0) is 14.4 Å². The number of hydrogen-bond acceptors (Lipinski definition) is 3. The molecule has 3 nitrogen and oxygen atoms in total. The molecule has 74 valence electrons. The van der Waals surface area contributed by atoms with Crippen LogP contribution in [0.4, 0.5) is 0 Å². The van der Waals surface area contributed by atoms with E-state index in [1.807, 2.05) is 0 Å². The molecule has 0 aromatic rings. The van der Waals surface area contributed by atoms with Gasteiger partial charge in [0.1, 0.15) is 5.78 Å². The summed E-state index contributed by atoms with van der Waals surface area (Å²) >= 11 is 0. The predicted octanol–water partition coefficient (Wildman–Crippen LogP) is 1.68. The first-order valence-electron chi connectivity index (χ1n) is 4.70. The Morgan fingerprint density at radius 1 is 1.15 bits per heavy atom. The molecule has 0 aliphatic rings. The van der Waals surface area contributed by atoms with Gasteiger partial charge in [0.25, 0.3) is 0 Å². The lowest BCUT2D eigenvalue weighted by molar-refractivity contribution is -0.133. The minimum Gasteiger partial charge on any atom is -0.299 e. The molecule has 0 radical (unpaired) electrons. The second kappa shape index (κ2) is 7.65. The van der Waals surface area contributed by atoms with E-state index >= 15 is 0 Å². The van der Waals surface area contributed by atoms with Crippen molar-refractivity contribution in [3.8, 4) is 0 Å². The third kappa shape index (κ3) is 7.37. The number of carbonyl (C=O) groups is 3.